The van der Waals surface area contributed by atoms with E-state index in [1.807, 2.05) is 18.2 Å². The molecule has 0 aliphatic carbocycles. The summed E-state index contributed by atoms with van der Waals surface area (Å²) in [6.07, 6.45) is 1.81. The summed E-state index contributed by atoms with van der Waals surface area (Å²) in [6.45, 7) is 2.89. The molecule has 3 rings (SSSR count). The maximum absolute atomic E-state index is 13.1. The lowest BCUT2D eigenvalue weighted by atomic mass is 10.1. The molecular formula is C23H26N2O4. The van der Waals surface area contributed by atoms with Crippen molar-refractivity contribution in [2.24, 2.45) is 0 Å². The quantitative estimate of drug-likeness (QED) is 0.627. The van der Waals surface area contributed by atoms with Crippen molar-refractivity contribution in [3.05, 3.63) is 70.0 Å². The maximum atomic E-state index is 13.1. The number of unbranched alkanes of at least 4 members (excludes halogenated alkanes) is 1. The molecule has 152 valence electrons. The van der Waals surface area contributed by atoms with Crippen LogP contribution in [0.4, 0.5) is 0 Å². The van der Waals surface area contributed by atoms with Gasteiger partial charge in [0.05, 0.1) is 26.3 Å². The molecule has 6 heteroatoms. The van der Waals surface area contributed by atoms with Crippen LogP contribution < -0.4 is 15.0 Å². The molecular weight excluding hydrogens is 368 g/mol. The van der Waals surface area contributed by atoms with Crippen LogP contribution in [0, 0.1) is 0 Å². The van der Waals surface area contributed by atoms with Crippen molar-refractivity contribution in [1.29, 1.82) is 0 Å². The molecule has 0 saturated carbocycles. The molecule has 0 radical (unpaired) electrons. The second-order valence-electron chi connectivity index (χ2n) is 6.89. The molecule has 0 atom stereocenters. The first-order chi connectivity index (χ1) is 14.0. The first-order valence-electron chi connectivity index (χ1n) is 9.69. The van der Waals surface area contributed by atoms with E-state index in [0.29, 0.717) is 34.7 Å². The van der Waals surface area contributed by atoms with Crippen molar-refractivity contribution in [1.82, 2.24) is 9.88 Å². The van der Waals surface area contributed by atoms with Gasteiger partial charge in [0.25, 0.3) is 11.5 Å². The summed E-state index contributed by atoms with van der Waals surface area (Å²) in [5.41, 5.74) is 1.60. The number of rotatable bonds is 8. The Morgan fingerprint density at radius 1 is 1.03 bits per heavy atom. The lowest BCUT2D eigenvalue weighted by Crippen LogP contribution is -2.33. The van der Waals surface area contributed by atoms with E-state index in [1.165, 1.54) is 0 Å². The van der Waals surface area contributed by atoms with Crippen LogP contribution in [0.25, 0.3) is 10.9 Å². The standard InChI is InChI=1S/C23H26N2O4/c1-4-5-11-25(23(27)17-7-6-8-19(13-17)28-2)15-18-12-16-9-10-20(29-3)14-21(16)24-22(18)26/h6-10,12-14H,4-5,11,15H2,1-3H3,(H,24,26). The number of nitrogens with zero attached hydrogens (tertiary/aromatic N) is 1. The zero-order valence-corrected chi connectivity index (χ0v) is 17.0. The number of benzene rings is 2. The van der Waals surface area contributed by atoms with Gasteiger partial charge in [0.2, 0.25) is 0 Å². The number of carbonyl (C=O) groups is 1. The van der Waals surface area contributed by atoms with Gasteiger partial charge in [-0.25, -0.2) is 0 Å². The number of ether oxygens (including phenoxy) is 2. The first kappa shape index (κ1) is 20.5. The molecule has 1 aromatic heterocycles. The maximum Gasteiger partial charge on any atom is 0.254 e. The average molecular weight is 394 g/mol. The van der Waals surface area contributed by atoms with Crippen LogP contribution in [-0.2, 0) is 6.54 Å². The molecule has 6 nitrogen and oxygen atoms in total. The number of fused-ring (bicyclic) bond motifs is 1. The molecule has 0 aliphatic heterocycles. The van der Waals surface area contributed by atoms with Crippen molar-refractivity contribution in [3.8, 4) is 11.5 Å². The largest absolute Gasteiger partial charge is 0.497 e. The highest BCUT2D eigenvalue weighted by Crippen LogP contribution is 2.20. The molecule has 0 saturated heterocycles. The molecule has 0 bridgehead atoms. The number of carbonyl (C=O) groups excluding carboxylic acids is 1. The van der Waals surface area contributed by atoms with Crippen molar-refractivity contribution in [2.45, 2.75) is 26.3 Å². The van der Waals surface area contributed by atoms with Gasteiger partial charge in [-0.3, -0.25) is 9.59 Å². The van der Waals surface area contributed by atoms with Gasteiger partial charge in [0, 0.05) is 23.7 Å². The molecule has 0 spiro atoms. The van der Waals surface area contributed by atoms with Crippen LogP contribution in [-0.4, -0.2) is 36.6 Å². The second-order valence-corrected chi connectivity index (χ2v) is 6.89. The van der Waals surface area contributed by atoms with Gasteiger partial charge >= 0.3 is 0 Å². The monoisotopic (exact) mass is 394 g/mol. The number of H-pyrrole nitrogens is 1. The number of aromatic amines is 1. The van der Waals surface area contributed by atoms with E-state index in [-0.39, 0.29) is 18.0 Å². The predicted molar refractivity (Wildman–Crippen MR) is 114 cm³/mol. The normalized spacial score (nSPS) is 10.7. The van der Waals surface area contributed by atoms with Gasteiger partial charge in [0.15, 0.2) is 0 Å². The smallest absolute Gasteiger partial charge is 0.254 e. The minimum absolute atomic E-state index is 0.119. The van der Waals surface area contributed by atoms with Crippen molar-refractivity contribution in [3.63, 3.8) is 0 Å². The Morgan fingerprint density at radius 2 is 1.79 bits per heavy atom. The molecule has 0 unspecified atom stereocenters. The fraction of sp³-hybridized carbons (Fsp3) is 0.304. The summed E-state index contributed by atoms with van der Waals surface area (Å²) in [5.74, 6) is 1.19. The number of methoxy groups -OCH3 is 2. The van der Waals surface area contributed by atoms with Crippen LogP contribution in [0.2, 0.25) is 0 Å². The lowest BCUT2D eigenvalue weighted by Gasteiger charge is -2.23. The van der Waals surface area contributed by atoms with E-state index >= 15 is 0 Å². The first-order valence-corrected chi connectivity index (χ1v) is 9.69. The summed E-state index contributed by atoms with van der Waals surface area (Å²) in [4.78, 5) is 30.4. The summed E-state index contributed by atoms with van der Waals surface area (Å²) >= 11 is 0. The highest BCUT2D eigenvalue weighted by atomic mass is 16.5. The van der Waals surface area contributed by atoms with Gasteiger partial charge in [-0.2, -0.15) is 0 Å². The number of amides is 1. The molecule has 1 N–H and O–H groups in total. The molecule has 0 fully saturated rings. The summed E-state index contributed by atoms with van der Waals surface area (Å²) < 4.78 is 10.4. The Labute approximate surface area is 170 Å². The highest BCUT2D eigenvalue weighted by molar-refractivity contribution is 5.94. The minimum Gasteiger partial charge on any atom is -0.497 e. The third-order valence-electron chi connectivity index (χ3n) is 4.88. The zero-order valence-electron chi connectivity index (χ0n) is 17.0. The highest BCUT2D eigenvalue weighted by Gasteiger charge is 2.18. The van der Waals surface area contributed by atoms with Crippen molar-refractivity contribution >= 4 is 16.8 Å². The third-order valence-corrected chi connectivity index (χ3v) is 4.88. The van der Waals surface area contributed by atoms with E-state index in [4.69, 9.17) is 9.47 Å². The number of nitrogens with one attached hydrogen (secondary N) is 1. The van der Waals surface area contributed by atoms with Crippen LogP contribution in [0.15, 0.2) is 53.3 Å². The van der Waals surface area contributed by atoms with Crippen LogP contribution in [0.1, 0.15) is 35.7 Å². The molecule has 0 aliphatic rings. The summed E-state index contributed by atoms with van der Waals surface area (Å²) in [6, 6.07) is 14.4. The number of aromatic nitrogens is 1. The van der Waals surface area contributed by atoms with Gasteiger partial charge < -0.3 is 19.4 Å². The third kappa shape index (κ3) is 4.77. The van der Waals surface area contributed by atoms with Crippen LogP contribution in [0.5, 0.6) is 11.5 Å². The molecule has 2 aromatic carbocycles. The molecule has 1 amide bonds. The van der Waals surface area contributed by atoms with Crippen LogP contribution >= 0.6 is 0 Å². The van der Waals surface area contributed by atoms with Crippen molar-refractivity contribution in [2.75, 3.05) is 20.8 Å². The van der Waals surface area contributed by atoms with Gasteiger partial charge in [-0.05, 0) is 48.2 Å². The zero-order chi connectivity index (χ0) is 20.8. The van der Waals surface area contributed by atoms with Gasteiger partial charge in [-0.1, -0.05) is 19.4 Å². The second kappa shape index (κ2) is 9.28. The fourth-order valence-corrected chi connectivity index (χ4v) is 3.22. The average Bonchev–Trinajstić information content (AvgIpc) is 2.76. The molecule has 1 heterocycles. The Morgan fingerprint density at radius 3 is 2.52 bits per heavy atom. The van der Waals surface area contributed by atoms with E-state index < -0.39 is 0 Å². The number of hydrogen-bond donors (Lipinski definition) is 1. The van der Waals surface area contributed by atoms with Gasteiger partial charge in [0.1, 0.15) is 11.5 Å². The predicted octanol–water partition coefficient (Wildman–Crippen LogP) is 3.99. The number of pyridine rings is 1. The summed E-state index contributed by atoms with van der Waals surface area (Å²) in [5, 5.41) is 0.893. The number of hydrogen-bond acceptors (Lipinski definition) is 4. The van der Waals surface area contributed by atoms with Gasteiger partial charge in [-0.15, -0.1) is 0 Å². The lowest BCUT2D eigenvalue weighted by molar-refractivity contribution is 0.0740. The van der Waals surface area contributed by atoms with E-state index in [2.05, 4.69) is 11.9 Å². The Kier molecular flexibility index (Phi) is 6.54. The minimum atomic E-state index is -0.203. The van der Waals surface area contributed by atoms with Crippen LogP contribution in [0.3, 0.4) is 0 Å². The van der Waals surface area contributed by atoms with E-state index in [1.54, 1.807) is 49.5 Å². The Balaban J connectivity index is 1.92. The topological polar surface area (TPSA) is 71.6 Å². The molecule has 3 aromatic rings. The SMILES string of the molecule is CCCCN(Cc1cc2ccc(OC)cc2[nH]c1=O)C(=O)c1cccc(OC)c1. The fourth-order valence-electron chi connectivity index (χ4n) is 3.22. The van der Waals surface area contributed by atoms with Crippen molar-refractivity contribution < 1.29 is 14.3 Å². The Hall–Kier alpha value is -3.28. The molecule has 29 heavy (non-hydrogen) atoms. The van der Waals surface area contributed by atoms with E-state index in [0.717, 1.165) is 18.2 Å². The Bertz CT molecular complexity index is 1060. The summed E-state index contributed by atoms with van der Waals surface area (Å²) in [7, 11) is 3.16. The van der Waals surface area contributed by atoms with E-state index in [9.17, 15) is 9.59 Å².